The molecule has 1 saturated heterocycles. The number of fused-ring (bicyclic) bond motifs is 1. The van der Waals surface area contributed by atoms with Crippen LogP contribution < -0.4 is 0 Å². The Morgan fingerprint density at radius 1 is 1.43 bits per heavy atom. The van der Waals surface area contributed by atoms with Gasteiger partial charge in [0.2, 0.25) is 0 Å². The second-order valence-electron chi connectivity index (χ2n) is 5.29. The van der Waals surface area contributed by atoms with Gasteiger partial charge in [-0.05, 0) is 31.0 Å². The topological polar surface area (TPSA) is 70.8 Å². The van der Waals surface area contributed by atoms with Gasteiger partial charge in [0.15, 0.2) is 17.2 Å². The Balaban J connectivity index is 1.91. The number of carboxylic acid groups (broad SMARTS) is 1. The number of aliphatic carboxylic acids is 1. The van der Waals surface area contributed by atoms with Gasteiger partial charge in [-0.1, -0.05) is 6.07 Å². The van der Waals surface area contributed by atoms with Crippen LogP contribution in [0.1, 0.15) is 22.5 Å². The Labute approximate surface area is 119 Å². The van der Waals surface area contributed by atoms with E-state index >= 15 is 0 Å². The molecule has 0 aliphatic carbocycles. The molecule has 0 bridgehead atoms. The van der Waals surface area contributed by atoms with Gasteiger partial charge >= 0.3 is 5.97 Å². The molecule has 0 spiro atoms. The summed E-state index contributed by atoms with van der Waals surface area (Å²) in [7, 11) is 0. The Morgan fingerprint density at radius 3 is 2.81 bits per heavy atom. The van der Waals surface area contributed by atoms with E-state index in [0.717, 1.165) is 5.56 Å². The van der Waals surface area contributed by atoms with Crippen molar-refractivity contribution >= 4 is 22.8 Å². The van der Waals surface area contributed by atoms with Crippen LogP contribution >= 0.6 is 0 Å². The molecule has 2 heterocycles. The molecule has 1 amide bonds. The molecule has 21 heavy (non-hydrogen) atoms. The molecular weight excluding hydrogens is 277 g/mol. The number of carbonyl (C=O) groups is 2. The zero-order valence-corrected chi connectivity index (χ0v) is 11.4. The number of likely N-dealkylation sites (tertiary alicyclic amines) is 1. The summed E-state index contributed by atoms with van der Waals surface area (Å²) < 4.78 is 19.0. The zero-order valence-electron chi connectivity index (χ0n) is 11.4. The number of carboxylic acids is 1. The van der Waals surface area contributed by atoms with Crippen LogP contribution in [-0.2, 0) is 4.79 Å². The third-order valence-corrected chi connectivity index (χ3v) is 3.89. The average Bonchev–Trinajstić information content (AvgIpc) is 3.09. The summed E-state index contributed by atoms with van der Waals surface area (Å²) in [5, 5.41) is 9.52. The van der Waals surface area contributed by atoms with Gasteiger partial charge in [0.25, 0.3) is 5.91 Å². The Morgan fingerprint density at radius 2 is 2.19 bits per heavy atom. The van der Waals surface area contributed by atoms with Crippen molar-refractivity contribution in [2.45, 2.75) is 13.3 Å². The summed E-state index contributed by atoms with van der Waals surface area (Å²) in [5.41, 5.74) is 0.881. The molecule has 0 unspecified atom stereocenters. The van der Waals surface area contributed by atoms with Crippen LogP contribution in [0.5, 0.6) is 0 Å². The summed E-state index contributed by atoms with van der Waals surface area (Å²) in [6, 6.07) is 4.44. The third kappa shape index (κ3) is 2.26. The number of furan rings is 1. The third-order valence-electron chi connectivity index (χ3n) is 3.89. The molecule has 1 atom stereocenters. The largest absolute Gasteiger partial charge is 0.481 e. The standard InChI is InChI=1S/C15H14FNO4/c1-8-2-3-11(16)13-10(8)6-12(21-13)14(18)17-5-4-9(7-17)15(19)20/h2-3,6,9H,4-5,7H2,1H3,(H,19,20)/t9-/m0/s1. The Kier molecular flexibility index (Phi) is 3.16. The van der Waals surface area contributed by atoms with Crippen molar-refractivity contribution in [1.29, 1.82) is 0 Å². The van der Waals surface area contributed by atoms with Gasteiger partial charge in [-0.3, -0.25) is 9.59 Å². The predicted octanol–water partition coefficient (Wildman–Crippen LogP) is 2.43. The molecule has 5 nitrogen and oxygen atoms in total. The minimum Gasteiger partial charge on any atom is -0.481 e. The molecule has 1 fully saturated rings. The van der Waals surface area contributed by atoms with E-state index < -0.39 is 23.6 Å². The molecule has 3 rings (SSSR count). The van der Waals surface area contributed by atoms with Crippen LogP contribution in [0.25, 0.3) is 11.0 Å². The van der Waals surface area contributed by atoms with E-state index in [1.54, 1.807) is 6.07 Å². The van der Waals surface area contributed by atoms with Crippen molar-refractivity contribution in [3.63, 3.8) is 0 Å². The van der Waals surface area contributed by atoms with Crippen LogP contribution in [0, 0.1) is 18.7 Å². The molecule has 0 radical (unpaired) electrons. The maximum absolute atomic E-state index is 13.7. The van der Waals surface area contributed by atoms with Gasteiger partial charge in [-0.2, -0.15) is 0 Å². The minimum absolute atomic E-state index is 0.0456. The van der Waals surface area contributed by atoms with E-state index in [1.807, 2.05) is 6.92 Å². The highest BCUT2D eigenvalue weighted by molar-refractivity contribution is 5.97. The molecule has 1 aliphatic rings. The minimum atomic E-state index is -0.906. The number of nitrogens with zero attached hydrogens (tertiary/aromatic N) is 1. The summed E-state index contributed by atoms with van der Waals surface area (Å²) in [5.74, 6) is -2.31. The fourth-order valence-electron chi connectivity index (χ4n) is 2.63. The number of amides is 1. The van der Waals surface area contributed by atoms with Crippen molar-refractivity contribution in [3.8, 4) is 0 Å². The fraction of sp³-hybridized carbons (Fsp3) is 0.333. The monoisotopic (exact) mass is 291 g/mol. The van der Waals surface area contributed by atoms with Crippen molar-refractivity contribution in [2.75, 3.05) is 13.1 Å². The molecule has 110 valence electrons. The van der Waals surface area contributed by atoms with E-state index in [2.05, 4.69) is 0 Å². The van der Waals surface area contributed by atoms with E-state index in [1.165, 1.54) is 17.0 Å². The van der Waals surface area contributed by atoms with Crippen LogP contribution in [0.2, 0.25) is 0 Å². The summed E-state index contributed by atoms with van der Waals surface area (Å²) in [4.78, 5) is 24.7. The summed E-state index contributed by atoms with van der Waals surface area (Å²) >= 11 is 0. The van der Waals surface area contributed by atoms with Crippen molar-refractivity contribution in [3.05, 3.63) is 35.3 Å². The maximum Gasteiger partial charge on any atom is 0.308 e. The summed E-state index contributed by atoms with van der Waals surface area (Å²) in [6.45, 7) is 2.34. The van der Waals surface area contributed by atoms with Crippen molar-refractivity contribution in [2.24, 2.45) is 5.92 Å². The van der Waals surface area contributed by atoms with E-state index in [0.29, 0.717) is 18.4 Å². The van der Waals surface area contributed by atoms with Gasteiger partial charge in [0, 0.05) is 18.5 Å². The highest BCUT2D eigenvalue weighted by Gasteiger charge is 2.32. The zero-order chi connectivity index (χ0) is 15.1. The lowest BCUT2D eigenvalue weighted by Crippen LogP contribution is -2.29. The maximum atomic E-state index is 13.7. The lowest BCUT2D eigenvalue weighted by molar-refractivity contribution is -0.141. The van der Waals surface area contributed by atoms with Gasteiger partial charge < -0.3 is 14.4 Å². The van der Waals surface area contributed by atoms with Gasteiger partial charge in [0.1, 0.15) is 0 Å². The second kappa shape index (κ2) is 4.87. The van der Waals surface area contributed by atoms with E-state index in [9.17, 15) is 14.0 Å². The van der Waals surface area contributed by atoms with Crippen LogP contribution in [0.4, 0.5) is 4.39 Å². The SMILES string of the molecule is Cc1ccc(F)c2oc(C(=O)N3CC[C@H](C(=O)O)C3)cc12. The molecule has 1 N–H and O–H groups in total. The highest BCUT2D eigenvalue weighted by Crippen LogP contribution is 2.27. The molecule has 1 aliphatic heterocycles. The summed E-state index contributed by atoms with van der Waals surface area (Å²) in [6.07, 6.45) is 0.425. The second-order valence-corrected chi connectivity index (χ2v) is 5.29. The van der Waals surface area contributed by atoms with Crippen LogP contribution in [0.15, 0.2) is 22.6 Å². The molecule has 6 heteroatoms. The molecule has 1 aromatic carbocycles. The lowest BCUT2D eigenvalue weighted by atomic mass is 10.1. The first-order valence-electron chi connectivity index (χ1n) is 6.68. The van der Waals surface area contributed by atoms with Crippen molar-refractivity contribution < 1.29 is 23.5 Å². The van der Waals surface area contributed by atoms with Gasteiger partial charge in [0.05, 0.1) is 5.92 Å². The predicted molar refractivity (Wildman–Crippen MR) is 72.6 cm³/mol. The van der Waals surface area contributed by atoms with Gasteiger partial charge in [-0.15, -0.1) is 0 Å². The Hall–Kier alpha value is -2.37. The average molecular weight is 291 g/mol. The normalized spacial score (nSPS) is 18.4. The number of halogens is 1. The molecule has 2 aromatic rings. The van der Waals surface area contributed by atoms with Crippen LogP contribution in [0.3, 0.4) is 0 Å². The fourth-order valence-corrected chi connectivity index (χ4v) is 2.63. The number of hydrogen-bond acceptors (Lipinski definition) is 3. The van der Waals surface area contributed by atoms with E-state index in [4.69, 9.17) is 9.52 Å². The first-order valence-corrected chi connectivity index (χ1v) is 6.68. The molecule has 1 aromatic heterocycles. The number of aryl methyl sites for hydroxylation is 1. The molecule has 0 saturated carbocycles. The first kappa shape index (κ1) is 13.6. The first-order chi connectivity index (χ1) is 9.97. The lowest BCUT2D eigenvalue weighted by Gasteiger charge is -2.13. The quantitative estimate of drug-likeness (QED) is 0.922. The smallest absolute Gasteiger partial charge is 0.308 e. The number of benzene rings is 1. The number of rotatable bonds is 2. The van der Waals surface area contributed by atoms with Gasteiger partial charge in [-0.25, -0.2) is 4.39 Å². The van der Waals surface area contributed by atoms with Crippen LogP contribution in [-0.4, -0.2) is 35.0 Å². The number of carbonyl (C=O) groups excluding carboxylic acids is 1. The van der Waals surface area contributed by atoms with E-state index in [-0.39, 0.29) is 17.9 Å². The number of hydrogen-bond donors (Lipinski definition) is 1. The molecular formula is C15H14FNO4. The highest BCUT2D eigenvalue weighted by atomic mass is 19.1. The van der Waals surface area contributed by atoms with Crippen molar-refractivity contribution in [1.82, 2.24) is 4.90 Å². The Bertz CT molecular complexity index is 698.